The molecule has 0 bridgehead atoms. The van der Waals surface area contributed by atoms with Crippen LogP contribution in [0.3, 0.4) is 0 Å². The Bertz CT molecular complexity index is 618. The third-order valence-electron chi connectivity index (χ3n) is 2.47. The summed E-state index contributed by atoms with van der Waals surface area (Å²) in [5.74, 6) is -1.47. The largest absolute Gasteiger partial charge is 0.345 e. The number of carbonyl (C=O) groups is 1. The van der Waals surface area contributed by atoms with Crippen molar-refractivity contribution < 1.29 is 13.6 Å². The van der Waals surface area contributed by atoms with Crippen molar-refractivity contribution in [1.82, 2.24) is 10.3 Å². The molecule has 0 aliphatic rings. The van der Waals surface area contributed by atoms with Crippen LogP contribution in [0.5, 0.6) is 0 Å². The number of amides is 1. The Hall–Kier alpha value is -1.34. The van der Waals surface area contributed by atoms with Gasteiger partial charge in [-0.3, -0.25) is 4.79 Å². The summed E-state index contributed by atoms with van der Waals surface area (Å²) in [4.78, 5) is 16.1. The molecule has 1 aromatic heterocycles. The quantitative estimate of drug-likeness (QED) is 0.921. The highest BCUT2D eigenvalue weighted by Gasteiger charge is 2.17. The van der Waals surface area contributed by atoms with E-state index in [1.165, 1.54) is 17.5 Å². The van der Waals surface area contributed by atoms with E-state index in [4.69, 9.17) is 0 Å². The van der Waals surface area contributed by atoms with E-state index in [-0.39, 0.29) is 11.5 Å². The first-order valence-electron chi connectivity index (χ1n) is 5.34. The van der Waals surface area contributed by atoms with Crippen LogP contribution in [0.15, 0.2) is 28.3 Å². The van der Waals surface area contributed by atoms with Gasteiger partial charge in [0.15, 0.2) is 3.92 Å². The molecule has 100 valence electrons. The van der Waals surface area contributed by atoms with Crippen LogP contribution in [0.4, 0.5) is 8.78 Å². The van der Waals surface area contributed by atoms with E-state index in [1.54, 1.807) is 6.92 Å². The maximum absolute atomic E-state index is 13.5. The molecule has 1 amide bonds. The lowest BCUT2D eigenvalue weighted by Crippen LogP contribution is -2.26. The summed E-state index contributed by atoms with van der Waals surface area (Å²) in [5.41, 5.74) is 0.108. The van der Waals surface area contributed by atoms with E-state index in [2.05, 4.69) is 26.2 Å². The van der Waals surface area contributed by atoms with E-state index in [1.807, 2.05) is 0 Å². The van der Waals surface area contributed by atoms with Crippen LogP contribution < -0.4 is 5.32 Å². The van der Waals surface area contributed by atoms with Gasteiger partial charge >= 0.3 is 0 Å². The molecule has 0 fully saturated rings. The molecule has 1 atom stereocenters. The van der Waals surface area contributed by atoms with Gasteiger partial charge in [-0.15, -0.1) is 11.3 Å². The van der Waals surface area contributed by atoms with Gasteiger partial charge in [0, 0.05) is 5.56 Å². The molecule has 7 heteroatoms. The van der Waals surface area contributed by atoms with Crippen LogP contribution in [0.25, 0.3) is 0 Å². The number of carbonyl (C=O) groups excluding carboxylic acids is 1. The van der Waals surface area contributed by atoms with Crippen LogP contribution in [0.1, 0.15) is 28.2 Å². The van der Waals surface area contributed by atoms with Gasteiger partial charge in [-0.25, -0.2) is 13.8 Å². The molecule has 19 heavy (non-hydrogen) atoms. The predicted molar refractivity (Wildman–Crippen MR) is 72.1 cm³/mol. The molecule has 0 saturated carbocycles. The van der Waals surface area contributed by atoms with Crippen molar-refractivity contribution in [1.29, 1.82) is 0 Å². The standard InChI is InChI=1S/C12H9BrF2N2OS/c1-6(8-4-7(14)2-3-9(8)15)17-11(18)10-5-16-12(13)19-10/h2-6H,1H3,(H,17,18). The minimum Gasteiger partial charge on any atom is -0.345 e. The molecule has 3 nitrogen and oxygen atoms in total. The van der Waals surface area contributed by atoms with Crippen LogP contribution in [0.2, 0.25) is 0 Å². The minimum atomic E-state index is -0.635. The molecule has 0 saturated heterocycles. The lowest BCUT2D eigenvalue weighted by Gasteiger charge is -2.14. The van der Waals surface area contributed by atoms with Gasteiger partial charge in [0.05, 0.1) is 12.2 Å². The zero-order valence-corrected chi connectivity index (χ0v) is 12.2. The monoisotopic (exact) mass is 346 g/mol. The summed E-state index contributed by atoms with van der Waals surface area (Å²) in [6, 6.07) is 2.51. The Morgan fingerprint density at radius 2 is 2.21 bits per heavy atom. The molecule has 1 aromatic carbocycles. The molecular weight excluding hydrogens is 338 g/mol. The average Bonchev–Trinajstić information content (AvgIpc) is 2.79. The van der Waals surface area contributed by atoms with Crippen molar-refractivity contribution in [3.63, 3.8) is 0 Å². The fourth-order valence-electron chi connectivity index (χ4n) is 1.55. The molecule has 0 aliphatic carbocycles. The maximum atomic E-state index is 13.5. The van der Waals surface area contributed by atoms with Crippen molar-refractivity contribution in [2.45, 2.75) is 13.0 Å². The van der Waals surface area contributed by atoms with Crippen molar-refractivity contribution in [2.24, 2.45) is 0 Å². The highest BCUT2D eigenvalue weighted by Crippen LogP contribution is 2.21. The van der Waals surface area contributed by atoms with Gasteiger partial charge in [0.25, 0.3) is 5.91 Å². The molecule has 2 rings (SSSR count). The number of benzene rings is 1. The maximum Gasteiger partial charge on any atom is 0.263 e. The van der Waals surface area contributed by atoms with E-state index < -0.39 is 17.7 Å². The number of nitrogens with one attached hydrogen (secondary N) is 1. The molecule has 0 spiro atoms. The van der Waals surface area contributed by atoms with Gasteiger partial charge in [-0.1, -0.05) is 0 Å². The Balaban J connectivity index is 2.14. The Morgan fingerprint density at radius 3 is 2.84 bits per heavy atom. The molecule has 1 unspecified atom stereocenters. The SMILES string of the molecule is CC(NC(=O)c1cnc(Br)s1)c1cc(F)ccc1F. The normalized spacial score (nSPS) is 12.2. The van der Waals surface area contributed by atoms with E-state index in [0.717, 1.165) is 18.2 Å². The lowest BCUT2D eigenvalue weighted by atomic mass is 10.1. The first-order chi connectivity index (χ1) is 8.97. The van der Waals surface area contributed by atoms with E-state index in [0.29, 0.717) is 8.79 Å². The van der Waals surface area contributed by atoms with E-state index >= 15 is 0 Å². The fraction of sp³-hybridized carbons (Fsp3) is 0.167. The zero-order chi connectivity index (χ0) is 14.0. The second-order valence-electron chi connectivity index (χ2n) is 3.84. The average molecular weight is 347 g/mol. The summed E-state index contributed by atoms with van der Waals surface area (Å²) < 4.78 is 27.2. The number of aromatic nitrogens is 1. The van der Waals surface area contributed by atoms with Crippen LogP contribution in [0, 0.1) is 11.6 Å². The highest BCUT2D eigenvalue weighted by molar-refractivity contribution is 9.11. The third-order valence-corrected chi connectivity index (χ3v) is 3.95. The van der Waals surface area contributed by atoms with Crippen molar-refractivity contribution >= 4 is 33.2 Å². The molecular formula is C12H9BrF2N2OS. The van der Waals surface area contributed by atoms with Crippen molar-refractivity contribution in [3.05, 3.63) is 50.4 Å². The van der Waals surface area contributed by atoms with Gasteiger partial charge < -0.3 is 5.32 Å². The summed E-state index contributed by atoms with van der Waals surface area (Å²) in [6.45, 7) is 1.59. The summed E-state index contributed by atoms with van der Waals surface area (Å²) in [7, 11) is 0. The van der Waals surface area contributed by atoms with Gasteiger partial charge in [0.1, 0.15) is 16.5 Å². The summed E-state index contributed by atoms with van der Waals surface area (Å²) in [5, 5.41) is 2.60. The lowest BCUT2D eigenvalue weighted by molar-refractivity contribution is 0.0943. The molecule has 0 aliphatic heterocycles. The van der Waals surface area contributed by atoms with Crippen molar-refractivity contribution in [3.8, 4) is 0 Å². The molecule has 1 N–H and O–H groups in total. The molecule has 0 radical (unpaired) electrons. The second kappa shape index (κ2) is 5.75. The number of hydrogen-bond acceptors (Lipinski definition) is 3. The number of hydrogen-bond donors (Lipinski definition) is 1. The number of rotatable bonds is 3. The number of halogens is 3. The van der Waals surface area contributed by atoms with E-state index in [9.17, 15) is 13.6 Å². The molecule has 2 aromatic rings. The number of nitrogens with zero attached hydrogens (tertiary/aromatic N) is 1. The van der Waals surface area contributed by atoms with Crippen molar-refractivity contribution in [2.75, 3.05) is 0 Å². The van der Waals surface area contributed by atoms with Crippen LogP contribution in [-0.4, -0.2) is 10.9 Å². The number of thiazole rings is 1. The van der Waals surface area contributed by atoms with Crippen LogP contribution >= 0.6 is 27.3 Å². The minimum absolute atomic E-state index is 0.108. The first kappa shape index (κ1) is 14.1. The van der Waals surface area contributed by atoms with Gasteiger partial charge in [0.2, 0.25) is 0 Å². The van der Waals surface area contributed by atoms with Gasteiger partial charge in [-0.05, 0) is 41.1 Å². The Morgan fingerprint density at radius 1 is 1.47 bits per heavy atom. The Kier molecular flexibility index (Phi) is 4.26. The summed E-state index contributed by atoms with van der Waals surface area (Å²) in [6.07, 6.45) is 1.42. The zero-order valence-electron chi connectivity index (χ0n) is 9.78. The van der Waals surface area contributed by atoms with Gasteiger partial charge in [-0.2, -0.15) is 0 Å². The van der Waals surface area contributed by atoms with Crippen LogP contribution in [-0.2, 0) is 0 Å². The summed E-state index contributed by atoms with van der Waals surface area (Å²) >= 11 is 4.32. The smallest absolute Gasteiger partial charge is 0.263 e. The third kappa shape index (κ3) is 3.36. The topological polar surface area (TPSA) is 42.0 Å². The Labute approximate surface area is 120 Å². The predicted octanol–water partition coefficient (Wildman–Crippen LogP) is 3.67. The highest BCUT2D eigenvalue weighted by atomic mass is 79.9. The molecule has 1 heterocycles. The second-order valence-corrected chi connectivity index (χ2v) is 6.15. The fourth-order valence-corrected chi connectivity index (χ4v) is 2.72. The first-order valence-corrected chi connectivity index (χ1v) is 6.95.